The van der Waals surface area contributed by atoms with Crippen LogP contribution in [-0.4, -0.2) is 38.8 Å². The minimum Gasteiger partial charge on any atom is -0.382 e. The van der Waals surface area contributed by atoms with Gasteiger partial charge in [0.05, 0.1) is 0 Å². The van der Waals surface area contributed by atoms with Crippen LogP contribution in [0.1, 0.15) is 39.0 Å². The Labute approximate surface area is 104 Å². The number of carbonyl (C=O) groups is 1. The SMILES string of the molecule is CCOCCCC(=O)NCCC1CCCNC1. The fraction of sp³-hybridized carbons (Fsp3) is 0.923. The Kier molecular flexibility index (Phi) is 8.01. The van der Waals surface area contributed by atoms with Crippen molar-refractivity contribution in [3.8, 4) is 0 Å². The standard InChI is InChI=1S/C13H26N2O2/c1-2-17-10-4-6-13(16)15-9-7-12-5-3-8-14-11-12/h12,14H,2-11H2,1H3,(H,15,16). The number of piperidine rings is 1. The molecule has 17 heavy (non-hydrogen) atoms. The molecule has 2 N–H and O–H groups in total. The highest BCUT2D eigenvalue weighted by atomic mass is 16.5. The van der Waals surface area contributed by atoms with Crippen LogP contribution in [0.5, 0.6) is 0 Å². The van der Waals surface area contributed by atoms with Gasteiger partial charge >= 0.3 is 0 Å². The molecular formula is C13H26N2O2. The molecule has 1 amide bonds. The van der Waals surface area contributed by atoms with Crippen molar-refractivity contribution < 1.29 is 9.53 Å². The monoisotopic (exact) mass is 242 g/mol. The molecule has 4 nitrogen and oxygen atoms in total. The predicted molar refractivity (Wildman–Crippen MR) is 68.9 cm³/mol. The van der Waals surface area contributed by atoms with Crippen molar-refractivity contribution >= 4 is 5.91 Å². The van der Waals surface area contributed by atoms with E-state index in [0.29, 0.717) is 13.0 Å². The first-order chi connectivity index (χ1) is 8.33. The maximum absolute atomic E-state index is 11.5. The molecular weight excluding hydrogens is 216 g/mol. The van der Waals surface area contributed by atoms with E-state index >= 15 is 0 Å². The molecule has 0 bridgehead atoms. The van der Waals surface area contributed by atoms with Crippen molar-refractivity contribution in [2.24, 2.45) is 5.92 Å². The molecule has 0 aromatic rings. The summed E-state index contributed by atoms with van der Waals surface area (Å²) in [7, 11) is 0. The van der Waals surface area contributed by atoms with Gasteiger partial charge in [-0.3, -0.25) is 4.79 Å². The van der Waals surface area contributed by atoms with Crippen molar-refractivity contribution in [2.45, 2.75) is 39.0 Å². The molecule has 1 saturated heterocycles. The summed E-state index contributed by atoms with van der Waals surface area (Å²) in [5.41, 5.74) is 0. The van der Waals surface area contributed by atoms with Crippen LogP contribution in [0, 0.1) is 5.92 Å². The molecule has 4 heteroatoms. The second-order valence-corrected chi connectivity index (χ2v) is 4.65. The Hall–Kier alpha value is -0.610. The van der Waals surface area contributed by atoms with E-state index in [4.69, 9.17) is 4.74 Å². The van der Waals surface area contributed by atoms with E-state index in [1.807, 2.05) is 6.92 Å². The maximum atomic E-state index is 11.5. The van der Waals surface area contributed by atoms with Crippen LogP contribution in [0.2, 0.25) is 0 Å². The van der Waals surface area contributed by atoms with Gasteiger partial charge in [0.15, 0.2) is 0 Å². The number of amides is 1. The van der Waals surface area contributed by atoms with Gasteiger partial charge in [-0.1, -0.05) is 0 Å². The number of ether oxygens (including phenoxy) is 1. The van der Waals surface area contributed by atoms with Crippen molar-refractivity contribution in [3.63, 3.8) is 0 Å². The lowest BCUT2D eigenvalue weighted by atomic mass is 9.96. The number of hydrogen-bond acceptors (Lipinski definition) is 3. The van der Waals surface area contributed by atoms with Crippen LogP contribution in [0.3, 0.4) is 0 Å². The highest BCUT2D eigenvalue weighted by Crippen LogP contribution is 2.12. The van der Waals surface area contributed by atoms with Crippen LogP contribution in [0.15, 0.2) is 0 Å². The fourth-order valence-corrected chi connectivity index (χ4v) is 2.15. The Bertz CT molecular complexity index is 204. The van der Waals surface area contributed by atoms with Gasteiger partial charge in [-0.25, -0.2) is 0 Å². The van der Waals surface area contributed by atoms with Gasteiger partial charge in [0.2, 0.25) is 5.91 Å². The predicted octanol–water partition coefficient (Wildman–Crippen LogP) is 1.31. The molecule has 0 spiro atoms. The van der Waals surface area contributed by atoms with E-state index in [1.165, 1.54) is 12.8 Å². The van der Waals surface area contributed by atoms with Gasteiger partial charge in [0.25, 0.3) is 0 Å². The summed E-state index contributed by atoms with van der Waals surface area (Å²) in [5, 5.41) is 6.38. The first kappa shape index (κ1) is 14.5. The summed E-state index contributed by atoms with van der Waals surface area (Å²) in [5.74, 6) is 0.904. The fourth-order valence-electron chi connectivity index (χ4n) is 2.15. The Balaban J connectivity index is 1.92. The Morgan fingerprint density at radius 3 is 3.12 bits per heavy atom. The average Bonchev–Trinajstić information content (AvgIpc) is 2.36. The van der Waals surface area contributed by atoms with E-state index in [2.05, 4.69) is 10.6 Å². The number of nitrogens with one attached hydrogen (secondary N) is 2. The van der Waals surface area contributed by atoms with Crippen molar-refractivity contribution in [1.82, 2.24) is 10.6 Å². The minimum absolute atomic E-state index is 0.161. The maximum Gasteiger partial charge on any atom is 0.220 e. The van der Waals surface area contributed by atoms with Crippen molar-refractivity contribution in [2.75, 3.05) is 32.8 Å². The van der Waals surface area contributed by atoms with E-state index < -0.39 is 0 Å². The number of hydrogen-bond donors (Lipinski definition) is 2. The largest absolute Gasteiger partial charge is 0.382 e. The topological polar surface area (TPSA) is 50.4 Å². The quantitative estimate of drug-likeness (QED) is 0.631. The molecule has 1 fully saturated rings. The van der Waals surface area contributed by atoms with E-state index in [0.717, 1.165) is 45.0 Å². The molecule has 100 valence electrons. The van der Waals surface area contributed by atoms with E-state index in [9.17, 15) is 4.79 Å². The molecule has 0 saturated carbocycles. The Morgan fingerprint density at radius 1 is 1.53 bits per heavy atom. The van der Waals surface area contributed by atoms with Crippen molar-refractivity contribution in [1.29, 1.82) is 0 Å². The zero-order valence-electron chi connectivity index (χ0n) is 11.0. The third kappa shape index (κ3) is 7.34. The molecule has 1 aliphatic rings. The molecule has 1 unspecified atom stereocenters. The molecule has 1 aliphatic heterocycles. The first-order valence-corrected chi connectivity index (χ1v) is 6.88. The molecule has 0 radical (unpaired) electrons. The van der Waals surface area contributed by atoms with Crippen LogP contribution >= 0.6 is 0 Å². The lowest BCUT2D eigenvalue weighted by Crippen LogP contribution is -2.33. The van der Waals surface area contributed by atoms with Gasteiger partial charge < -0.3 is 15.4 Å². The van der Waals surface area contributed by atoms with Gasteiger partial charge in [0.1, 0.15) is 0 Å². The second kappa shape index (κ2) is 9.42. The summed E-state index contributed by atoms with van der Waals surface area (Å²) in [6.07, 6.45) is 5.08. The number of carbonyl (C=O) groups excluding carboxylic acids is 1. The van der Waals surface area contributed by atoms with Crippen molar-refractivity contribution in [3.05, 3.63) is 0 Å². The smallest absolute Gasteiger partial charge is 0.220 e. The van der Waals surface area contributed by atoms with Crippen LogP contribution in [0.25, 0.3) is 0 Å². The average molecular weight is 242 g/mol. The molecule has 0 aromatic carbocycles. The Morgan fingerprint density at radius 2 is 2.41 bits per heavy atom. The van der Waals surface area contributed by atoms with Gasteiger partial charge in [-0.05, 0) is 51.6 Å². The van der Waals surface area contributed by atoms with Crippen LogP contribution in [-0.2, 0) is 9.53 Å². The minimum atomic E-state index is 0.161. The van der Waals surface area contributed by atoms with Gasteiger partial charge in [-0.2, -0.15) is 0 Å². The lowest BCUT2D eigenvalue weighted by molar-refractivity contribution is -0.121. The highest BCUT2D eigenvalue weighted by molar-refractivity contribution is 5.75. The van der Waals surface area contributed by atoms with E-state index in [1.54, 1.807) is 0 Å². The third-order valence-electron chi connectivity index (χ3n) is 3.17. The zero-order chi connectivity index (χ0) is 12.3. The zero-order valence-corrected chi connectivity index (χ0v) is 11.0. The number of rotatable bonds is 8. The molecule has 1 atom stereocenters. The summed E-state index contributed by atoms with van der Waals surface area (Å²) in [4.78, 5) is 11.5. The van der Waals surface area contributed by atoms with Crippen LogP contribution in [0.4, 0.5) is 0 Å². The molecule has 1 heterocycles. The molecule has 0 aliphatic carbocycles. The third-order valence-corrected chi connectivity index (χ3v) is 3.17. The normalized spacial score (nSPS) is 20.2. The van der Waals surface area contributed by atoms with Gasteiger partial charge in [-0.15, -0.1) is 0 Å². The summed E-state index contributed by atoms with van der Waals surface area (Å²) in [6.45, 7) is 6.48. The van der Waals surface area contributed by atoms with Crippen LogP contribution < -0.4 is 10.6 Å². The summed E-state index contributed by atoms with van der Waals surface area (Å²) in [6, 6.07) is 0. The summed E-state index contributed by atoms with van der Waals surface area (Å²) >= 11 is 0. The second-order valence-electron chi connectivity index (χ2n) is 4.65. The van der Waals surface area contributed by atoms with Gasteiger partial charge in [0, 0.05) is 26.2 Å². The first-order valence-electron chi connectivity index (χ1n) is 6.88. The van der Waals surface area contributed by atoms with E-state index in [-0.39, 0.29) is 5.91 Å². The highest BCUT2D eigenvalue weighted by Gasteiger charge is 2.12. The molecule has 0 aromatic heterocycles. The lowest BCUT2D eigenvalue weighted by Gasteiger charge is -2.22. The molecule has 1 rings (SSSR count). The summed E-state index contributed by atoms with van der Waals surface area (Å²) < 4.78 is 5.20.